The van der Waals surface area contributed by atoms with E-state index in [0.717, 1.165) is 16.7 Å². The van der Waals surface area contributed by atoms with Crippen molar-refractivity contribution in [2.45, 2.75) is 19.4 Å². The largest absolute Gasteiger partial charge is 0.372 e. The van der Waals surface area contributed by atoms with Gasteiger partial charge in [-0.1, -0.05) is 6.92 Å². The second kappa shape index (κ2) is 6.51. The Morgan fingerprint density at radius 3 is 2.90 bits per heavy atom. The third-order valence-corrected chi connectivity index (χ3v) is 3.33. The quantitative estimate of drug-likeness (QED) is 0.782. The zero-order valence-electron chi connectivity index (χ0n) is 11.3. The Kier molecular flexibility index (Phi) is 4.73. The normalized spacial score (nSPS) is 11.9. The molecule has 1 atom stereocenters. The molecule has 2 aromatic rings. The van der Waals surface area contributed by atoms with E-state index in [1.807, 2.05) is 6.92 Å². The van der Waals surface area contributed by atoms with Crippen LogP contribution in [0, 0.1) is 0 Å². The van der Waals surface area contributed by atoms with Gasteiger partial charge in [0.15, 0.2) is 0 Å². The molecule has 0 aliphatic heterocycles. The van der Waals surface area contributed by atoms with Crippen molar-refractivity contribution >= 4 is 27.7 Å². The average Bonchev–Trinajstić information content (AvgIpc) is 2.98. The van der Waals surface area contributed by atoms with Gasteiger partial charge in [-0.3, -0.25) is 4.79 Å². The summed E-state index contributed by atoms with van der Waals surface area (Å²) in [6.45, 7) is 1.99. The third-order valence-electron chi connectivity index (χ3n) is 2.90. The third kappa shape index (κ3) is 3.16. The van der Waals surface area contributed by atoms with Gasteiger partial charge in [-0.25, -0.2) is 9.97 Å². The molecule has 0 aromatic carbocycles. The van der Waals surface area contributed by atoms with Gasteiger partial charge >= 0.3 is 0 Å². The summed E-state index contributed by atoms with van der Waals surface area (Å²) < 4.78 is 0.757. The Morgan fingerprint density at radius 2 is 2.30 bits per heavy atom. The first kappa shape index (κ1) is 14.5. The number of carbonyl (C=O) groups is 1. The molecule has 2 aromatic heterocycles. The summed E-state index contributed by atoms with van der Waals surface area (Å²) in [5, 5.41) is 5.87. The first-order chi connectivity index (χ1) is 9.65. The maximum Gasteiger partial charge on any atom is 0.255 e. The van der Waals surface area contributed by atoms with E-state index in [-0.39, 0.29) is 11.9 Å². The highest BCUT2D eigenvalue weighted by atomic mass is 79.9. The molecule has 0 bridgehead atoms. The molecule has 0 saturated carbocycles. The van der Waals surface area contributed by atoms with E-state index in [1.165, 1.54) is 0 Å². The number of H-pyrrole nitrogens is 1. The Labute approximate surface area is 125 Å². The maximum atomic E-state index is 12.4. The Balaban J connectivity index is 2.21. The number of nitrogens with one attached hydrogen (secondary N) is 3. The van der Waals surface area contributed by atoms with Crippen LogP contribution in [0.15, 0.2) is 29.1 Å². The number of hydrogen-bond donors (Lipinski definition) is 3. The number of carbonyl (C=O) groups excluding carboxylic acids is 1. The first-order valence-electron chi connectivity index (χ1n) is 6.29. The fourth-order valence-electron chi connectivity index (χ4n) is 1.88. The minimum atomic E-state index is -0.189. The Morgan fingerprint density at radius 1 is 1.50 bits per heavy atom. The number of halogens is 1. The predicted octanol–water partition coefficient (Wildman–Crippen LogP) is 2.49. The van der Waals surface area contributed by atoms with Crippen LogP contribution in [0.4, 0.5) is 5.82 Å². The molecule has 0 aliphatic rings. The molecule has 20 heavy (non-hydrogen) atoms. The van der Waals surface area contributed by atoms with Crippen molar-refractivity contribution in [3.63, 3.8) is 0 Å². The molecule has 1 unspecified atom stereocenters. The number of aromatic amines is 1. The topological polar surface area (TPSA) is 82.7 Å². The number of aromatic nitrogens is 3. The number of amides is 1. The van der Waals surface area contributed by atoms with Crippen LogP contribution in [-0.2, 0) is 0 Å². The van der Waals surface area contributed by atoms with Crippen LogP contribution < -0.4 is 10.6 Å². The molecule has 6 nitrogen and oxygen atoms in total. The van der Waals surface area contributed by atoms with Crippen molar-refractivity contribution in [2.24, 2.45) is 0 Å². The standard InChI is InChI=1S/C13H16BrN5O/c1-3-10(12-16-4-5-17-12)19-13(20)9-6-8(14)7-18-11(9)15-2/h4-7,10H,3H2,1-2H3,(H,15,18)(H,16,17)(H,19,20). The van der Waals surface area contributed by atoms with Crippen molar-refractivity contribution in [1.29, 1.82) is 0 Å². The number of imidazole rings is 1. The van der Waals surface area contributed by atoms with E-state index in [0.29, 0.717) is 11.4 Å². The summed E-state index contributed by atoms with van der Waals surface area (Å²) in [6.07, 6.45) is 5.80. The fourth-order valence-corrected chi connectivity index (χ4v) is 2.21. The molecule has 0 saturated heterocycles. The average molecular weight is 338 g/mol. The zero-order valence-corrected chi connectivity index (χ0v) is 12.9. The van der Waals surface area contributed by atoms with E-state index in [4.69, 9.17) is 0 Å². The van der Waals surface area contributed by atoms with Crippen LogP contribution in [-0.4, -0.2) is 27.9 Å². The Hall–Kier alpha value is -1.89. The lowest BCUT2D eigenvalue weighted by Crippen LogP contribution is -2.29. The summed E-state index contributed by atoms with van der Waals surface area (Å²) in [7, 11) is 1.73. The molecule has 7 heteroatoms. The van der Waals surface area contributed by atoms with Crippen LogP contribution >= 0.6 is 15.9 Å². The SMILES string of the molecule is CCC(NC(=O)c1cc(Br)cnc1NC)c1ncc[nH]1. The highest BCUT2D eigenvalue weighted by Crippen LogP contribution is 2.19. The smallest absolute Gasteiger partial charge is 0.255 e. The Bertz CT molecular complexity index is 584. The summed E-state index contributed by atoms with van der Waals surface area (Å²) in [6, 6.07) is 1.59. The van der Waals surface area contributed by atoms with Crippen molar-refractivity contribution in [3.05, 3.63) is 40.5 Å². The molecule has 0 spiro atoms. The molecule has 2 heterocycles. The van der Waals surface area contributed by atoms with Crippen LogP contribution in [0.5, 0.6) is 0 Å². The highest BCUT2D eigenvalue weighted by Gasteiger charge is 2.18. The van der Waals surface area contributed by atoms with Crippen LogP contribution in [0.1, 0.15) is 35.6 Å². The van der Waals surface area contributed by atoms with Gasteiger partial charge in [0.1, 0.15) is 11.6 Å². The lowest BCUT2D eigenvalue weighted by atomic mass is 10.1. The monoisotopic (exact) mass is 337 g/mol. The van der Waals surface area contributed by atoms with Gasteiger partial charge in [0.05, 0.1) is 11.6 Å². The van der Waals surface area contributed by atoms with Crippen LogP contribution in [0.2, 0.25) is 0 Å². The van der Waals surface area contributed by atoms with E-state index >= 15 is 0 Å². The molecule has 1 amide bonds. The zero-order chi connectivity index (χ0) is 14.5. The number of pyridine rings is 1. The second-order valence-corrected chi connectivity index (χ2v) is 5.12. The number of hydrogen-bond acceptors (Lipinski definition) is 4. The maximum absolute atomic E-state index is 12.4. The summed E-state index contributed by atoms with van der Waals surface area (Å²) in [5.74, 6) is 1.10. The van der Waals surface area contributed by atoms with E-state index in [1.54, 1.807) is 31.7 Å². The molecule has 2 rings (SSSR count). The van der Waals surface area contributed by atoms with Gasteiger partial charge in [0.25, 0.3) is 5.91 Å². The van der Waals surface area contributed by atoms with Gasteiger partial charge in [-0.15, -0.1) is 0 Å². The van der Waals surface area contributed by atoms with Gasteiger partial charge in [-0.2, -0.15) is 0 Å². The number of nitrogens with zero attached hydrogens (tertiary/aromatic N) is 2. The summed E-state index contributed by atoms with van der Waals surface area (Å²) in [4.78, 5) is 23.8. The predicted molar refractivity (Wildman–Crippen MR) is 80.6 cm³/mol. The van der Waals surface area contributed by atoms with Crippen molar-refractivity contribution < 1.29 is 4.79 Å². The highest BCUT2D eigenvalue weighted by molar-refractivity contribution is 9.10. The molecule has 0 fully saturated rings. The van der Waals surface area contributed by atoms with E-state index in [2.05, 4.69) is 41.5 Å². The summed E-state index contributed by atoms with van der Waals surface area (Å²) >= 11 is 3.33. The molecule has 3 N–H and O–H groups in total. The van der Waals surface area contributed by atoms with Gasteiger partial charge < -0.3 is 15.6 Å². The van der Waals surface area contributed by atoms with Gasteiger partial charge in [0, 0.05) is 30.1 Å². The van der Waals surface area contributed by atoms with Crippen LogP contribution in [0.3, 0.4) is 0 Å². The van der Waals surface area contributed by atoms with E-state index < -0.39 is 0 Å². The lowest BCUT2D eigenvalue weighted by Gasteiger charge is -2.16. The first-order valence-corrected chi connectivity index (χ1v) is 7.08. The molecule has 0 aliphatic carbocycles. The lowest BCUT2D eigenvalue weighted by molar-refractivity contribution is 0.0934. The minimum Gasteiger partial charge on any atom is -0.372 e. The summed E-state index contributed by atoms with van der Waals surface area (Å²) in [5.41, 5.74) is 0.492. The van der Waals surface area contributed by atoms with Crippen molar-refractivity contribution in [3.8, 4) is 0 Å². The van der Waals surface area contributed by atoms with Gasteiger partial charge in [-0.05, 0) is 28.4 Å². The van der Waals surface area contributed by atoms with Crippen LogP contribution in [0.25, 0.3) is 0 Å². The molecule has 0 radical (unpaired) electrons. The number of anilines is 1. The van der Waals surface area contributed by atoms with Crippen molar-refractivity contribution in [1.82, 2.24) is 20.3 Å². The molecular weight excluding hydrogens is 322 g/mol. The number of rotatable bonds is 5. The minimum absolute atomic E-state index is 0.152. The second-order valence-electron chi connectivity index (χ2n) is 4.21. The fraction of sp³-hybridized carbons (Fsp3) is 0.308. The molecule has 106 valence electrons. The van der Waals surface area contributed by atoms with Crippen molar-refractivity contribution in [2.75, 3.05) is 12.4 Å². The van der Waals surface area contributed by atoms with E-state index in [9.17, 15) is 4.79 Å². The van der Waals surface area contributed by atoms with Gasteiger partial charge in [0.2, 0.25) is 0 Å². The molecular formula is C13H16BrN5O.